The van der Waals surface area contributed by atoms with E-state index in [4.69, 9.17) is 9.47 Å². The Kier molecular flexibility index (Phi) is 5.40. The topological polar surface area (TPSA) is 71.6 Å². The number of fused-ring (bicyclic) bond motifs is 1. The first-order chi connectivity index (χ1) is 12.9. The molecule has 142 valence electrons. The van der Waals surface area contributed by atoms with Crippen LogP contribution >= 0.6 is 0 Å². The Balaban J connectivity index is 2.19. The molecule has 3 rings (SSSR count). The van der Waals surface area contributed by atoms with Gasteiger partial charge >= 0.3 is 5.97 Å². The van der Waals surface area contributed by atoms with Crippen LogP contribution in [0.15, 0.2) is 36.4 Å². The molecule has 2 aromatic carbocycles. The Labute approximate surface area is 158 Å². The molecule has 0 aliphatic carbocycles. The fraction of sp³-hybridized carbons (Fsp3) is 0.318. The highest BCUT2D eigenvalue weighted by atomic mass is 16.5. The predicted octanol–water partition coefficient (Wildman–Crippen LogP) is 4.99. The molecule has 27 heavy (non-hydrogen) atoms. The first kappa shape index (κ1) is 18.8. The minimum Gasteiger partial charge on any atom is -0.493 e. The number of H-pyrrole nitrogens is 1. The van der Waals surface area contributed by atoms with Gasteiger partial charge < -0.3 is 19.6 Å². The number of hydrogen-bond acceptors (Lipinski definition) is 3. The Morgan fingerprint density at radius 1 is 1.15 bits per heavy atom. The van der Waals surface area contributed by atoms with Crippen LogP contribution in [-0.2, 0) is 11.2 Å². The molecule has 1 aromatic heterocycles. The number of carboxylic acid groups (broad SMARTS) is 1. The summed E-state index contributed by atoms with van der Waals surface area (Å²) < 4.78 is 11.0. The van der Waals surface area contributed by atoms with Crippen LogP contribution < -0.4 is 9.47 Å². The summed E-state index contributed by atoms with van der Waals surface area (Å²) in [6.45, 7) is 6.72. The number of rotatable bonds is 7. The summed E-state index contributed by atoms with van der Waals surface area (Å²) >= 11 is 0. The lowest BCUT2D eigenvalue weighted by atomic mass is 9.97. The third-order valence-electron chi connectivity index (χ3n) is 4.68. The molecule has 3 aromatic rings. The van der Waals surface area contributed by atoms with Gasteiger partial charge in [0, 0.05) is 16.5 Å². The van der Waals surface area contributed by atoms with Gasteiger partial charge in [-0.25, -0.2) is 0 Å². The molecular weight excluding hydrogens is 342 g/mol. The van der Waals surface area contributed by atoms with Gasteiger partial charge in [0.15, 0.2) is 11.5 Å². The van der Waals surface area contributed by atoms with E-state index in [9.17, 15) is 9.90 Å². The molecule has 2 N–H and O–H groups in total. The van der Waals surface area contributed by atoms with Crippen molar-refractivity contribution < 1.29 is 19.4 Å². The van der Waals surface area contributed by atoms with E-state index in [0.29, 0.717) is 24.0 Å². The second-order valence-electron chi connectivity index (χ2n) is 6.81. The van der Waals surface area contributed by atoms with Crippen molar-refractivity contribution in [3.63, 3.8) is 0 Å². The number of aliphatic carboxylic acids is 1. The van der Waals surface area contributed by atoms with Gasteiger partial charge in [0.2, 0.25) is 0 Å². The fourth-order valence-corrected chi connectivity index (χ4v) is 3.30. The van der Waals surface area contributed by atoms with Crippen LogP contribution in [0.2, 0.25) is 0 Å². The van der Waals surface area contributed by atoms with Crippen molar-refractivity contribution in [1.82, 2.24) is 4.98 Å². The van der Waals surface area contributed by atoms with Gasteiger partial charge in [-0.3, -0.25) is 4.79 Å². The molecule has 1 heterocycles. The van der Waals surface area contributed by atoms with Crippen molar-refractivity contribution in [1.29, 1.82) is 0 Å². The standard InChI is InChI=1S/C22H25NO4/c1-5-27-19-9-7-15(11-20(19)26-4)22-17(12-21(24)25)16-10-14(13(2)3)6-8-18(16)23-22/h6-11,13,23H,5,12H2,1-4H3,(H,24,25). The lowest BCUT2D eigenvalue weighted by Gasteiger charge is -2.11. The van der Waals surface area contributed by atoms with E-state index in [1.807, 2.05) is 31.2 Å². The largest absolute Gasteiger partial charge is 0.493 e. The van der Waals surface area contributed by atoms with E-state index in [-0.39, 0.29) is 6.42 Å². The zero-order valence-corrected chi connectivity index (χ0v) is 16.1. The number of carbonyl (C=O) groups is 1. The van der Waals surface area contributed by atoms with Gasteiger partial charge in [-0.1, -0.05) is 19.9 Å². The molecule has 0 saturated heterocycles. The average Bonchev–Trinajstić information content (AvgIpc) is 2.99. The molecule has 5 nitrogen and oxygen atoms in total. The molecule has 0 saturated carbocycles. The summed E-state index contributed by atoms with van der Waals surface area (Å²) in [7, 11) is 1.60. The molecule has 0 atom stereocenters. The first-order valence-corrected chi connectivity index (χ1v) is 9.12. The Morgan fingerprint density at radius 3 is 2.56 bits per heavy atom. The number of ether oxygens (including phenoxy) is 2. The lowest BCUT2D eigenvalue weighted by molar-refractivity contribution is -0.136. The van der Waals surface area contributed by atoms with Gasteiger partial charge in [0.05, 0.1) is 25.8 Å². The van der Waals surface area contributed by atoms with E-state index in [2.05, 4.69) is 31.0 Å². The molecule has 0 amide bonds. The second-order valence-corrected chi connectivity index (χ2v) is 6.81. The predicted molar refractivity (Wildman–Crippen MR) is 107 cm³/mol. The zero-order chi connectivity index (χ0) is 19.6. The van der Waals surface area contributed by atoms with Crippen LogP contribution in [0.1, 0.15) is 37.8 Å². The number of aromatic nitrogens is 1. The number of aromatic amines is 1. The smallest absolute Gasteiger partial charge is 0.307 e. The maximum absolute atomic E-state index is 11.5. The van der Waals surface area contributed by atoms with Crippen LogP contribution in [-0.4, -0.2) is 29.8 Å². The maximum Gasteiger partial charge on any atom is 0.307 e. The minimum absolute atomic E-state index is 0.0492. The lowest BCUT2D eigenvalue weighted by Crippen LogP contribution is -2.01. The van der Waals surface area contributed by atoms with Crippen molar-refractivity contribution in [3.05, 3.63) is 47.5 Å². The highest BCUT2D eigenvalue weighted by Gasteiger charge is 2.18. The van der Waals surface area contributed by atoms with E-state index >= 15 is 0 Å². The molecule has 0 unspecified atom stereocenters. The summed E-state index contributed by atoms with van der Waals surface area (Å²) in [4.78, 5) is 14.9. The SMILES string of the molecule is CCOc1ccc(-c2[nH]c3ccc(C(C)C)cc3c2CC(=O)O)cc1OC. The van der Waals surface area contributed by atoms with E-state index in [1.54, 1.807) is 7.11 Å². The number of benzene rings is 2. The van der Waals surface area contributed by atoms with Crippen LogP contribution in [0.5, 0.6) is 11.5 Å². The van der Waals surface area contributed by atoms with Crippen molar-refractivity contribution >= 4 is 16.9 Å². The maximum atomic E-state index is 11.5. The number of nitrogens with one attached hydrogen (secondary N) is 1. The summed E-state index contributed by atoms with van der Waals surface area (Å²) in [5, 5.41) is 10.4. The van der Waals surface area contributed by atoms with Crippen LogP contribution in [0.25, 0.3) is 22.2 Å². The molecule has 0 fully saturated rings. The Morgan fingerprint density at radius 2 is 1.93 bits per heavy atom. The first-order valence-electron chi connectivity index (χ1n) is 9.12. The Bertz CT molecular complexity index is 972. The average molecular weight is 367 g/mol. The van der Waals surface area contributed by atoms with Crippen molar-refractivity contribution in [2.24, 2.45) is 0 Å². The molecule has 0 spiro atoms. The van der Waals surface area contributed by atoms with Crippen LogP contribution in [0.4, 0.5) is 0 Å². The normalized spacial score (nSPS) is 11.1. The van der Waals surface area contributed by atoms with Crippen molar-refractivity contribution in [2.45, 2.75) is 33.1 Å². The zero-order valence-electron chi connectivity index (χ0n) is 16.1. The third kappa shape index (κ3) is 3.77. The van der Waals surface area contributed by atoms with E-state index in [1.165, 1.54) is 5.56 Å². The highest BCUT2D eigenvalue weighted by Crippen LogP contribution is 2.37. The second kappa shape index (κ2) is 7.74. The van der Waals surface area contributed by atoms with Crippen molar-refractivity contribution in [3.8, 4) is 22.8 Å². The third-order valence-corrected chi connectivity index (χ3v) is 4.68. The molecule has 0 aliphatic rings. The molecule has 5 heteroatoms. The van der Waals surface area contributed by atoms with Gasteiger partial charge in [-0.05, 0) is 54.3 Å². The highest BCUT2D eigenvalue weighted by molar-refractivity contribution is 5.94. The number of carboxylic acids is 1. The summed E-state index contributed by atoms with van der Waals surface area (Å²) in [5.74, 6) is 0.805. The number of hydrogen-bond donors (Lipinski definition) is 2. The molecular formula is C22H25NO4. The van der Waals surface area contributed by atoms with Crippen molar-refractivity contribution in [2.75, 3.05) is 13.7 Å². The van der Waals surface area contributed by atoms with Gasteiger partial charge in [-0.15, -0.1) is 0 Å². The van der Waals surface area contributed by atoms with Gasteiger partial charge in [0.25, 0.3) is 0 Å². The van der Waals surface area contributed by atoms with Gasteiger partial charge in [0.1, 0.15) is 0 Å². The molecule has 0 bridgehead atoms. The summed E-state index contributed by atoms with van der Waals surface area (Å²) in [6, 6.07) is 11.8. The summed E-state index contributed by atoms with van der Waals surface area (Å²) in [6.07, 6.45) is -0.0492. The minimum atomic E-state index is -0.856. The van der Waals surface area contributed by atoms with E-state index in [0.717, 1.165) is 27.7 Å². The Hall–Kier alpha value is -2.95. The van der Waals surface area contributed by atoms with Crippen LogP contribution in [0, 0.1) is 0 Å². The van der Waals surface area contributed by atoms with Crippen LogP contribution in [0.3, 0.4) is 0 Å². The van der Waals surface area contributed by atoms with E-state index < -0.39 is 5.97 Å². The fourth-order valence-electron chi connectivity index (χ4n) is 3.30. The summed E-state index contributed by atoms with van der Waals surface area (Å²) in [5.41, 5.74) is 4.57. The molecule has 0 aliphatic heterocycles. The molecule has 0 radical (unpaired) electrons. The number of methoxy groups -OCH3 is 1. The monoisotopic (exact) mass is 367 g/mol. The quantitative estimate of drug-likeness (QED) is 0.617. The van der Waals surface area contributed by atoms with Gasteiger partial charge in [-0.2, -0.15) is 0 Å².